The first kappa shape index (κ1) is 9.23. The van der Waals surface area contributed by atoms with Crippen LogP contribution in [0.5, 0.6) is 0 Å². The molecular formula is C9H14O3. The Labute approximate surface area is 72.1 Å². The molecule has 0 heterocycles. The zero-order chi connectivity index (χ0) is 9.14. The maximum absolute atomic E-state index is 11.2. The molecule has 3 nitrogen and oxygen atoms in total. The predicted molar refractivity (Wildman–Crippen MR) is 43.5 cm³/mol. The second-order valence-corrected chi connectivity index (χ2v) is 3.13. The normalized spacial score (nSPS) is 27.5. The minimum Gasteiger partial charge on any atom is -0.469 e. The molecule has 3 heteroatoms. The minimum absolute atomic E-state index is 0.0533. The number of esters is 1. The third-order valence-electron chi connectivity index (χ3n) is 2.54. The van der Waals surface area contributed by atoms with Gasteiger partial charge in [-0.3, -0.25) is 9.59 Å². The fourth-order valence-corrected chi connectivity index (χ4v) is 1.58. The van der Waals surface area contributed by atoms with Crippen molar-refractivity contribution in [1.82, 2.24) is 0 Å². The molecule has 68 valence electrons. The van der Waals surface area contributed by atoms with Gasteiger partial charge in [0, 0.05) is 12.3 Å². The molecule has 0 aromatic rings. The molecule has 0 bridgehead atoms. The Morgan fingerprint density at radius 1 is 1.33 bits per heavy atom. The largest absolute Gasteiger partial charge is 0.469 e. The number of hydrogen-bond acceptors (Lipinski definition) is 3. The van der Waals surface area contributed by atoms with Crippen LogP contribution >= 0.6 is 0 Å². The Balaban J connectivity index is 2.49. The summed E-state index contributed by atoms with van der Waals surface area (Å²) in [5, 5.41) is 0. The number of Topliss-reactive ketones (excluding diaryl/α,β-unsaturated/α-hetero) is 1. The van der Waals surface area contributed by atoms with Gasteiger partial charge in [0.25, 0.3) is 0 Å². The number of carbonyl (C=O) groups is 2. The van der Waals surface area contributed by atoms with Gasteiger partial charge < -0.3 is 4.74 Å². The Hall–Kier alpha value is -0.860. The third kappa shape index (κ3) is 1.49. The Morgan fingerprint density at radius 2 is 1.92 bits per heavy atom. The third-order valence-corrected chi connectivity index (χ3v) is 2.54. The van der Waals surface area contributed by atoms with Crippen molar-refractivity contribution in [3.8, 4) is 0 Å². The van der Waals surface area contributed by atoms with Gasteiger partial charge in [-0.25, -0.2) is 0 Å². The van der Waals surface area contributed by atoms with Gasteiger partial charge in [0.05, 0.1) is 13.0 Å². The second-order valence-electron chi connectivity index (χ2n) is 3.13. The fraction of sp³-hybridized carbons (Fsp3) is 0.778. The van der Waals surface area contributed by atoms with Gasteiger partial charge in [0.15, 0.2) is 0 Å². The van der Waals surface area contributed by atoms with E-state index in [4.69, 9.17) is 0 Å². The number of ether oxygens (including phenoxy) is 1. The van der Waals surface area contributed by atoms with Crippen molar-refractivity contribution in [2.24, 2.45) is 11.8 Å². The standard InChI is InChI=1S/C9H14O3/c1-3-8(10)6-4-5-7(6)9(11)12-2/h6-7H,3-5H2,1-2H3/t6-,7-/m1/s1. The molecule has 0 unspecified atom stereocenters. The SMILES string of the molecule is CCC(=O)[C@@H]1CC[C@H]1C(=O)OC. The maximum Gasteiger partial charge on any atom is 0.309 e. The molecule has 0 spiro atoms. The van der Waals surface area contributed by atoms with Crippen LogP contribution < -0.4 is 0 Å². The number of methoxy groups -OCH3 is 1. The average Bonchev–Trinajstić information content (AvgIpc) is 2.02. The topological polar surface area (TPSA) is 43.4 Å². The van der Waals surface area contributed by atoms with Crippen LogP contribution in [0.3, 0.4) is 0 Å². The van der Waals surface area contributed by atoms with Crippen LogP contribution in [0.1, 0.15) is 26.2 Å². The van der Waals surface area contributed by atoms with Crippen LogP contribution in [-0.2, 0) is 14.3 Å². The molecular weight excluding hydrogens is 156 g/mol. The van der Waals surface area contributed by atoms with Crippen molar-refractivity contribution < 1.29 is 14.3 Å². The first-order valence-electron chi connectivity index (χ1n) is 4.31. The zero-order valence-electron chi connectivity index (χ0n) is 7.50. The van der Waals surface area contributed by atoms with Crippen LogP contribution in [0.2, 0.25) is 0 Å². The first-order chi connectivity index (χ1) is 5.70. The molecule has 0 aliphatic heterocycles. The molecule has 1 aliphatic carbocycles. The lowest BCUT2D eigenvalue weighted by atomic mass is 9.71. The summed E-state index contributed by atoms with van der Waals surface area (Å²) in [6.07, 6.45) is 2.19. The van der Waals surface area contributed by atoms with Crippen molar-refractivity contribution in [3.63, 3.8) is 0 Å². The number of carbonyl (C=O) groups excluding carboxylic acids is 2. The number of ketones is 1. The van der Waals surface area contributed by atoms with Gasteiger partial charge >= 0.3 is 5.97 Å². The summed E-state index contributed by atoms with van der Waals surface area (Å²) in [7, 11) is 1.37. The molecule has 0 radical (unpaired) electrons. The van der Waals surface area contributed by atoms with E-state index >= 15 is 0 Å². The molecule has 0 aromatic carbocycles. The Bertz CT molecular complexity index is 176. The van der Waals surface area contributed by atoms with Crippen LogP contribution in [-0.4, -0.2) is 18.9 Å². The molecule has 1 saturated carbocycles. The molecule has 1 fully saturated rings. The van der Waals surface area contributed by atoms with Gasteiger partial charge in [0.1, 0.15) is 5.78 Å². The summed E-state index contributed by atoms with van der Waals surface area (Å²) in [4.78, 5) is 22.3. The van der Waals surface area contributed by atoms with Crippen LogP contribution in [0, 0.1) is 11.8 Å². The van der Waals surface area contributed by atoms with Crippen molar-refractivity contribution in [2.75, 3.05) is 7.11 Å². The van der Waals surface area contributed by atoms with Crippen LogP contribution in [0.4, 0.5) is 0 Å². The van der Waals surface area contributed by atoms with E-state index in [-0.39, 0.29) is 23.6 Å². The summed E-state index contributed by atoms with van der Waals surface area (Å²) in [5.41, 5.74) is 0. The highest BCUT2D eigenvalue weighted by Gasteiger charge is 2.40. The summed E-state index contributed by atoms with van der Waals surface area (Å²) < 4.78 is 4.59. The molecule has 12 heavy (non-hydrogen) atoms. The smallest absolute Gasteiger partial charge is 0.309 e. The van der Waals surface area contributed by atoms with Gasteiger partial charge in [0.2, 0.25) is 0 Å². The van der Waals surface area contributed by atoms with E-state index in [1.165, 1.54) is 7.11 Å². The molecule has 0 N–H and O–H groups in total. The molecule has 1 aliphatic rings. The lowest BCUT2D eigenvalue weighted by molar-refractivity contribution is -0.155. The monoisotopic (exact) mass is 170 g/mol. The van der Waals surface area contributed by atoms with Gasteiger partial charge in [-0.05, 0) is 12.8 Å². The summed E-state index contributed by atoms with van der Waals surface area (Å²) in [6, 6.07) is 0. The van der Waals surface area contributed by atoms with Crippen LogP contribution in [0.25, 0.3) is 0 Å². The summed E-state index contributed by atoms with van der Waals surface area (Å²) in [6.45, 7) is 1.83. The zero-order valence-corrected chi connectivity index (χ0v) is 7.50. The minimum atomic E-state index is -0.229. The van der Waals surface area contributed by atoms with E-state index in [9.17, 15) is 9.59 Å². The highest BCUT2D eigenvalue weighted by molar-refractivity contribution is 5.88. The fourth-order valence-electron chi connectivity index (χ4n) is 1.58. The van der Waals surface area contributed by atoms with E-state index in [0.29, 0.717) is 6.42 Å². The van der Waals surface area contributed by atoms with Gasteiger partial charge in [-0.2, -0.15) is 0 Å². The van der Waals surface area contributed by atoms with Crippen LogP contribution in [0.15, 0.2) is 0 Å². The summed E-state index contributed by atoms with van der Waals surface area (Å²) in [5.74, 6) is -0.241. The second kappa shape index (κ2) is 3.70. The highest BCUT2D eigenvalue weighted by atomic mass is 16.5. The first-order valence-corrected chi connectivity index (χ1v) is 4.31. The van der Waals surface area contributed by atoms with E-state index in [0.717, 1.165) is 12.8 Å². The van der Waals surface area contributed by atoms with Crippen molar-refractivity contribution in [1.29, 1.82) is 0 Å². The van der Waals surface area contributed by atoms with Crippen molar-refractivity contribution in [2.45, 2.75) is 26.2 Å². The van der Waals surface area contributed by atoms with Gasteiger partial charge in [-0.1, -0.05) is 6.92 Å². The molecule has 1 rings (SSSR count). The van der Waals surface area contributed by atoms with E-state index in [1.807, 2.05) is 6.92 Å². The molecule has 2 atom stereocenters. The van der Waals surface area contributed by atoms with Crippen molar-refractivity contribution >= 4 is 11.8 Å². The molecule has 0 aromatic heterocycles. The molecule has 0 amide bonds. The maximum atomic E-state index is 11.2. The van der Waals surface area contributed by atoms with E-state index < -0.39 is 0 Å². The average molecular weight is 170 g/mol. The van der Waals surface area contributed by atoms with Gasteiger partial charge in [-0.15, -0.1) is 0 Å². The Morgan fingerprint density at radius 3 is 2.25 bits per heavy atom. The Kier molecular flexibility index (Phi) is 2.84. The quantitative estimate of drug-likeness (QED) is 0.597. The van der Waals surface area contributed by atoms with Crippen molar-refractivity contribution in [3.05, 3.63) is 0 Å². The number of rotatable bonds is 3. The number of hydrogen-bond donors (Lipinski definition) is 0. The van der Waals surface area contributed by atoms with E-state index in [1.54, 1.807) is 0 Å². The molecule has 0 saturated heterocycles. The summed E-state index contributed by atoms with van der Waals surface area (Å²) >= 11 is 0. The highest BCUT2D eigenvalue weighted by Crippen LogP contribution is 2.36. The lowest BCUT2D eigenvalue weighted by Gasteiger charge is -2.32. The lowest BCUT2D eigenvalue weighted by Crippen LogP contribution is -2.38. The van der Waals surface area contributed by atoms with E-state index in [2.05, 4.69) is 4.74 Å². The predicted octanol–water partition coefficient (Wildman–Crippen LogP) is 1.16.